The summed E-state index contributed by atoms with van der Waals surface area (Å²) in [5.74, 6) is -0.0586. The fourth-order valence-corrected chi connectivity index (χ4v) is 2.42. The lowest BCUT2D eigenvalue weighted by atomic mass is 10.0. The quantitative estimate of drug-likeness (QED) is 0.795. The average Bonchev–Trinajstić information content (AvgIpc) is 2.48. The molecule has 3 N–H and O–H groups in total. The second-order valence-electron chi connectivity index (χ2n) is 5.27. The largest absolute Gasteiger partial charge is 0.399 e. The number of benzene rings is 2. The van der Waals surface area contributed by atoms with Gasteiger partial charge in [-0.1, -0.05) is 49.7 Å². The lowest BCUT2D eigenvalue weighted by Gasteiger charge is -2.18. The van der Waals surface area contributed by atoms with Gasteiger partial charge in [0.05, 0.1) is 0 Å². The van der Waals surface area contributed by atoms with Gasteiger partial charge in [0, 0.05) is 17.3 Å². The van der Waals surface area contributed by atoms with E-state index in [9.17, 15) is 4.79 Å². The lowest BCUT2D eigenvalue weighted by Crippen LogP contribution is -2.36. The smallest absolute Gasteiger partial charge is 0.251 e. The number of nitrogens with one attached hydrogen (secondary N) is 1. The number of hydrogen-bond donors (Lipinski definition) is 2. The number of nitrogens with two attached hydrogens (primary N) is 1. The molecule has 0 aliphatic carbocycles. The van der Waals surface area contributed by atoms with Crippen LogP contribution < -0.4 is 11.1 Å². The molecule has 0 spiro atoms. The molecular weight excluding hydrogens is 296 g/mol. The summed E-state index contributed by atoms with van der Waals surface area (Å²) < 4.78 is 0. The molecule has 2 aromatic carbocycles. The van der Waals surface area contributed by atoms with Crippen molar-refractivity contribution in [1.29, 1.82) is 0 Å². The molecule has 0 fully saturated rings. The normalized spacial score (nSPS) is 11.3. The number of nitrogen functional groups attached to an aromatic ring is 1. The van der Waals surface area contributed by atoms with Gasteiger partial charge in [0.1, 0.15) is 0 Å². The van der Waals surface area contributed by atoms with Crippen LogP contribution in [-0.2, 0) is 6.42 Å². The molecule has 0 bridgehead atoms. The summed E-state index contributed by atoms with van der Waals surface area (Å²) >= 11 is 0. The Balaban J connectivity index is 0.00000242. The second-order valence-corrected chi connectivity index (χ2v) is 5.27. The molecule has 0 aliphatic heterocycles. The zero-order chi connectivity index (χ0) is 15.1. The van der Waals surface area contributed by atoms with Crippen LogP contribution >= 0.6 is 12.4 Å². The number of hydrogen-bond acceptors (Lipinski definition) is 2. The molecule has 4 heteroatoms. The van der Waals surface area contributed by atoms with Gasteiger partial charge in [-0.15, -0.1) is 12.4 Å². The molecule has 1 amide bonds. The number of amides is 1. The Bertz CT molecular complexity index is 587. The van der Waals surface area contributed by atoms with Crippen molar-refractivity contribution in [3.8, 4) is 0 Å². The molecule has 2 aromatic rings. The van der Waals surface area contributed by atoms with Gasteiger partial charge in [-0.05, 0) is 36.6 Å². The summed E-state index contributed by atoms with van der Waals surface area (Å²) in [6.45, 7) is 2.13. The van der Waals surface area contributed by atoms with Crippen molar-refractivity contribution >= 4 is 24.0 Å². The first kappa shape index (κ1) is 18.1. The standard InChI is InChI=1S/C18H22N2O.ClH/c1-2-7-17(12-14-8-4-3-5-9-14)20-18(21)15-10-6-11-16(19)13-15;/h3-6,8-11,13,17H,2,7,12,19H2,1H3,(H,20,21);1H. The summed E-state index contributed by atoms with van der Waals surface area (Å²) in [5, 5.41) is 3.12. The van der Waals surface area contributed by atoms with Crippen LogP contribution in [0.4, 0.5) is 5.69 Å². The van der Waals surface area contributed by atoms with Crippen LogP contribution in [0, 0.1) is 0 Å². The van der Waals surface area contributed by atoms with Crippen molar-refractivity contribution < 1.29 is 4.79 Å². The Morgan fingerprint density at radius 3 is 2.50 bits per heavy atom. The number of carbonyl (C=O) groups is 1. The van der Waals surface area contributed by atoms with Crippen molar-refractivity contribution in [1.82, 2.24) is 5.32 Å². The number of anilines is 1. The van der Waals surface area contributed by atoms with Crippen molar-refractivity contribution in [2.24, 2.45) is 0 Å². The van der Waals surface area contributed by atoms with Crippen LogP contribution in [-0.4, -0.2) is 11.9 Å². The number of rotatable bonds is 6. The van der Waals surface area contributed by atoms with E-state index >= 15 is 0 Å². The van der Waals surface area contributed by atoms with Gasteiger partial charge in [-0.3, -0.25) is 4.79 Å². The van der Waals surface area contributed by atoms with E-state index in [-0.39, 0.29) is 24.4 Å². The Labute approximate surface area is 138 Å². The maximum Gasteiger partial charge on any atom is 0.251 e. The first-order valence-electron chi connectivity index (χ1n) is 7.39. The molecule has 118 valence electrons. The van der Waals surface area contributed by atoms with Crippen LogP contribution in [0.2, 0.25) is 0 Å². The van der Waals surface area contributed by atoms with Crippen LogP contribution in [0.15, 0.2) is 54.6 Å². The van der Waals surface area contributed by atoms with Crippen LogP contribution in [0.1, 0.15) is 35.7 Å². The van der Waals surface area contributed by atoms with Gasteiger partial charge in [0.25, 0.3) is 5.91 Å². The molecule has 0 saturated carbocycles. The minimum absolute atomic E-state index is 0. The molecule has 0 aromatic heterocycles. The van der Waals surface area contributed by atoms with E-state index < -0.39 is 0 Å². The Morgan fingerprint density at radius 1 is 1.14 bits per heavy atom. The highest BCUT2D eigenvalue weighted by atomic mass is 35.5. The minimum Gasteiger partial charge on any atom is -0.399 e. The van der Waals surface area contributed by atoms with Crippen LogP contribution in [0.25, 0.3) is 0 Å². The molecule has 3 nitrogen and oxygen atoms in total. The van der Waals surface area contributed by atoms with E-state index in [2.05, 4.69) is 24.4 Å². The Kier molecular flexibility index (Phi) is 7.47. The fraction of sp³-hybridized carbons (Fsp3) is 0.278. The van der Waals surface area contributed by atoms with Crippen molar-refractivity contribution in [3.05, 3.63) is 65.7 Å². The third-order valence-electron chi connectivity index (χ3n) is 3.45. The minimum atomic E-state index is -0.0586. The second kappa shape index (κ2) is 9.11. The van der Waals surface area contributed by atoms with E-state index in [1.165, 1.54) is 5.56 Å². The average molecular weight is 319 g/mol. The van der Waals surface area contributed by atoms with Gasteiger partial charge in [-0.2, -0.15) is 0 Å². The number of carbonyl (C=O) groups excluding carboxylic acids is 1. The molecule has 0 saturated heterocycles. The third kappa shape index (κ3) is 5.41. The highest BCUT2D eigenvalue weighted by Crippen LogP contribution is 2.10. The Hall–Kier alpha value is -2.00. The SMILES string of the molecule is CCCC(Cc1ccccc1)NC(=O)c1cccc(N)c1.Cl. The maximum atomic E-state index is 12.3. The van der Waals surface area contributed by atoms with E-state index in [0.29, 0.717) is 11.3 Å². The summed E-state index contributed by atoms with van der Waals surface area (Å²) in [7, 11) is 0. The topological polar surface area (TPSA) is 55.1 Å². The van der Waals surface area contributed by atoms with Gasteiger partial charge in [0.2, 0.25) is 0 Å². The predicted octanol–water partition coefficient (Wildman–Crippen LogP) is 3.83. The summed E-state index contributed by atoms with van der Waals surface area (Å²) in [5.41, 5.74) is 8.19. The summed E-state index contributed by atoms with van der Waals surface area (Å²) in [4.78, 5) is 12.3. The lowest BCUT2D eigenvalue weighted by molar-refractivity contribution is 0.0935. The monoisotopic (exact) mass is 318 g/mol. The summed E-state index contributed by atoms with van der Waals surface area (Å²) in [6, 6.07) is 17.5. The van der Waals surface area contributed by atoms with E-state index in [4.69, 9.17) is 5.73 Å². The molecular formula is C18H23ClN2O. The highest BCUT2D eigenvalue weighted by molar-refractivity contribution is 5.95. The van der Waals surface area contributed by atoms with Gasteiger partial charge in [-0.25, -0.2) is 0 Å². The molecule has 1 atom stereocenters. The van der Waals surface area contributed by atoms with Gasteiger partial charge >= 0.3 is 0 Å². The highest BCUT2D eigenvalue weighted by Gasteiger charge is 2.13. The summed E-state index contributed by atoms with van der Waals surface area (Å²) in [6.07, 6.45) is 2.85. The first-order chi connectivity index (χ1) is 10.2. The van der Waals surface area contributed by atoms with Crippen molar-refractivity contribution in [2.45, 2.75) is 32.2 Å². The van der Waals surface area contributed by atoms with Crippen LogP contribution in [0.3, 0.4) is 0 Å². The van der Waals surface area contributed by atoms with E-state index in [1.807, 2.05) is 18.2 Å². The van der Waals surface area contributed by atoms with Crippen LogP contribution in [0.5, 0.6) is 0 Å². The Morgan fingerprint density at radius 2 is 1.86 bits per heavy atom. The van der Waals surface area contributed by atoms with Crippen molar-refractivity contribution in [3.63, 3.8) is 0 Å². The molecule has 2 rings (SSSR count). The third-order valence-corrected chi connectivity index (χ3v) is 3.45. The van der Waals surface area contributed by atoms with E-state index in [0.717, 1.165) is 19.3 Å². The predicted molar refractivity (Wildman–Crippen MR) is 94.4 cm³/mol. The molecule has 22 heavy (non-hydrogen) atoms. The molecule has 0 radical (unpaired) electrons. The molecule has 0 aliphatic rings. The van der Waals surface area contributed by atoms with Gasteiger partial charge in [0.15, 0.2) is 0 Å². The fourth-order valence-electron chi connectivity index (χ4n) is 2.42. The molecule has 0 heterocycles. The zero-order valence-corrected chi connectivity index (χ0v) is 13.6. The zero-order valence-electron chi connectivity index (χ0n) is 12.8. The maximum absolute atomic E-state index is 12.3. The molecule has 1 unspecified atom stereocenters. The number of halogens is 1. The van der Waals surface area contributed by atoms with Gasteiger partial charge < -0.3 is 11.1 Å². The first-order valence-corrected chi connectivity index (χ1v) is 7.39. The van der Waals surface area contributed by atoms with Crippen molar-refractivity contribution in [2.75, 3.05) is 5.73 Å². The van der Waals surface area contributed by atoms with E-state index in [1.54, 1.807) is 24.3 Å².